The Kier molecular flexibility index (Phi) is 7.38. The molecule has 0 spiro atoms. The van der Waals surface area contributed by atoms with E-state index in [0.29, 0.717) is 16.7 Å². The highest BCUT2D eigenvalue weighted by molar-refractivity contribution is 7.89. The monoisotopic (exact) mass is 427 g/mol. The molecule has 2 aromatic carbocycles. The van der Waals surface area contributed by atoms with Crippen molar-refractivity contribution in [2.24, 2.45) is 5.14 Å². The van der Waals surface area contributed by atoms with E-state index in [-0.39, 0.29) is 26.9 Å². The molecule has 0 atom stereocenters. The molecule has 3 N–H and O–H groups in total. The topological polar surface area (TPSA) is 149 Å². The third-order valence-electron chi connectivity index (χ3n) is 3.84. The fraction of sp³-hybridized carbons (Fsp3) is 0.222. The average molecular weight is 428 g/mol. The molecule has 0 aliphatic heterocycles. The Morgan fingerprint density at radius 1 is 0.893 bits per heavy atom. The van der Waals surface area contributed by atoms with Crippen LogP contribution in [0.25, 0.3) is 0 Å². The Balaban J connectivity index is 0.000000280. The predicted molar refractivity (Wildman–Crippen MR) is 104 cm³/mol. The number of hydrogen-bond acceptors (Lipinski definition) is 6. The van der Waals surface area contributed by atoms with Gasteiger partial charge >= 0.3 is 0 Å². The molecule has 0 bridgehead atoms. The second kappa shape index (κ2) is 8.74. The van der Waals surface area contributed by atoms with Crippen molar-refractivity contribution in [2.75, 3.05) is 0 Å². The summed E-state index contributed by atoms with van der Waals surface area (Å²) in [7, 11) is -7.98. The molecule has 0 saturated carbocycles. The minimum absolute atomic E-state index is 0.00481. The molecule has 10 heteroatoms. The van der Waals surface area contributed by atoms with Gasteiger partial charge in [-0.1, -0.05) is 24.3 Å². The van der Waals surface area contributed by atoms with Crippen LogP contribution < -0.4 is 5.14 Å². The molecule has 0 aliphatic rings. The summed E-state index contributed by atoms with van der Waals surface area (Å²) in [5, 5.41) is 4.99. The molecular formula is C18H21NO7S2. The van der Waals surface area contributed by atoms with Crippen molar-refractivity contribution in [3.8, 4) is 0 Å². The van der Waals surface area contributed by atoms with Gasteiger partial charge in [0.05, 0.1) is 9.79 Å². The zero-order valence-electron chi connectivity index (χ0n) is 15.8. The van der Waals surface area contributed by atoms with Gasteiger partial charge in [0.1, 0.15) is 0 Å². The minimum Gasteiger partial charge on any atom is -0.295 e. The van der Waals surface area contributed by atoms with Gasteiger partial charge < -0.3 is 0 Å². The molecule has 2 rings (SSSR count). The maximum Gasteiger partial charge on any atom is 0.294 e. The van der Waals surface area contributed by atoms with Crippen LogP contribution in [0.5, 0.6) is 0 Å². The second-order valence-electron chi connectivity index (χ2n) is 6.04. The van der Waals surface area contributed by atoms with Gasteiger partial charge in [-0.05, 0) is 51.0 Å². The summed E-state index contributed by atoms with van der Waals surface area (Å²) >= 11 is 0. The molecule has 2 aromatic rings. The molecule has 0 heterocycles. The quantitative estimate of drug-likeness (QED) is 0.561. The Bertz CT molecular complexity index is 1100. The van der Waals surface area contributed by atoms with Crippen LogP contribution in [0.1, 0.15) is 45.7 Å². The molecular weight excluding hydrogens is 406 g/mol. The molecule has 28 heavy (non-hydrogen) atoms. The number of ketones is 2. The molecule has 0 amide bonds. The lowest BCUT2D eigenvalue weighted by atomic mass is 10.1. The van der Waals surface area contributed by atoms with Gasteiger partial charge in [0.15, 0.2) is 11.6 Å². The van der Waals surface area contributed by atoms with E-state index in [4.69, 9.17) is 9.69 Å². The first-order chi connectivity index (χ1) is 12.7. The van der Waals surface area contributed by atoms with Crippen molar-refractivity contribution in [3.63, 3.8) is 0 Å². The number of Topliss-reactive ketones (excluding diaryl/α,β-unsaturated/α-hetero) is 2. The van der Waals surface area contributed by atoms with E-state index in [0.717, 1.165) is 0 Å². The van der Waals surface area contributed by atoms with Gasteiger partial charge in [0.25, 0.3) is 10.1 Å². The van der Waals surface area contributed by atoms with Gasteiger partial charge in [-0.2, -0.15) is 8.42 Å². The largest absolute Gasteiger partial charge is 0.295 e. The van der Waals surface area contributed by atoms with E-state index < -0.39 is 20.1 Å². The molecule has 8 nitrogen and oxygen atoms in total. The Morgan fingerprint density at radius 3 is 1.89 bits per heavy atom. The number of carbonyl (C=O) groups is 2. The Labute approximate surface area is 164 Å². The molecule has 0 unspecified atom stereocenters. The number of nitrogens with two attached hydrogens (primary N) is 1. The number of aryl methyl sites for hydroxylation is 1. The number of rotatable bonds is 4. The fourth-order valence-electron chi connectivity index (χ4n) is 2.40. The summed E-state index contributed by atoms with van der Waals surface area (Å²) in [5.41, 5.74) is 1.47. The lowest BCUT2D eigenvalue weighted by Gasteiger charge is -2.05. The van der Waals surface area contributed by atoms with Crippen LogP contribution in [0, 0.1) is 13.8 Å². The Morgan fingerprint density at radius 2 is 1.46 bits per heavy atom. The highest BCUT2D eigenvalue weighted by atomic mass is 32.2. The van der Waals surface area contributed by atoms with Crippen LogP contribution in [-0.4, -0.2) is 33.0 Å². The van der Waals surface area contributed by atoms with Crippen LogP contribution >= 0.6 is 0 Å². The molecule has 0 saturated heterocycles. The number of benzene rings is 2. The first kappa shape index (κ1) is 23.6. The lowest BCUT2D eigenvalue weighted by molar-refractivity contribution is 0.100. The number of hydrogen-bond donors (Lipinski definition) is 2. The first-order valence-electron chi connectivity index (χ1n) is 7.88. The van der Waals surface area contributed by atoms with Crippen molar-refractivity contribution in [2.45, 2.75) is 37.5 Å². The summed E-state index contributed by atoms with van der Waals surface area (Å²) in [6, 6.07) is 8.64. The van der Waals surface area contributed by atoms with Gasteiger partial charge in [-0.15, -0.1) is 0 Å². The van der Waals surface area contributed by atoms with E-state index in [1.807, 2.05) is 0 Å². The van der Waals surface area contributed by atoms with Crippen LogP contribution in [-0.2, 0) is 20.1 Å². The second-order valence-corrected chi connectivity index (χ2v) is 8.96. The van der Waals surface area contributed by atoms with E-state index in [9.17, 15) is 26.4 Å². The molecule has 0 fully saturated rings. The summed E-state index contributed by atoms with van der Waals surface area (Å²) in [6.07, 6.45) is 0. The first-order valence-corrected chi connectivity index (χ1v) is 10.9. The van der Waals surface area contributed by atoms with E-state index >= 15 is 0 Å². The molecule has 152 valence electrons. The molecule has 0 aromatic heterocycles. The third-order valence-corrected chi connectivity index (χ3v) is 5.89. The van der Waals surface area contributed by atoms with Crippen LogP contribution in [0.4, 0.5) is 0 Å². The molecule has 0 aliphatic carbocycles. The van der Waals surface area contributed by atoms with E-state index in [2.05, 4.69) is 0 Å². The SMILES string of the molecule is CC(=O)c1ccc(C)c(S(N)(=O)=O)c1.CC(=O)c1cccc(S(=O)(=O)O)c1C. The summed E-state index contributed by atoms with van der Waals surface area (Å²) < 4.78 is 52.8. The average Bonchev–Trinajstić information content (AvgIpc) is 2.53. The van der Waals surface area contributed by atoms with Crippen LogP contribution in [0.3, 0.4) is 0 Å². The number of primary sulfonamides is 1. The van der Waals surface area contributed by atoms with Crippen molar-refractivity contribution < 1.29 is 31.0 Å². The summed E-state index contributed by atoms with van der Waals surface area (Å²) in [6.45, 7) is 5.83. The van der Waals surface area contributed by atoms with E-state index in [1.54, 1.807) is 19.1 Å². The number of carbonyl (C=O) groups excluding carboxylic acids is 2. The maximum absolute atomic E-state index is 11.1. The fourth-order valence-corrected chi connectivity index (χ4v) is 3.96. The maximum atomic E-state index is 11.1. The highest BCUT2D eigenvalue weighted by Gasteiger charge is 2.16. The van der Waals surface area contributed by atoms with Crippen molar-refractivity contribution in [1.29, 1.82) is 0 Å². The third kappa shape index (κ3) is 6.06. The summed E-state index contributed by atoms with van der Waals surface area (Å²) in [5.74, 6) is -0.414. The van der Waals surface area contributed by atoms with E-state index in [1.165, 1.54) is 45.0 Å². The van der Waals surface area contributed by atoms with Crippen LogP contribution in [0.15, 0.2) is 46.2 Å². The minimum atomic E-state index is -4.24. The predicted octanol–water partition coefficient (Wildman–Crippen LogP) is 2.29. The number of sulfonamides is 1. The normalized spacial score (nSPS) is 11.4. The highest BCUT2D eigenvalue weighted by Crippen LogP contribution is 2.19. The van der Waals surface area contributed by atoms with Gasteiger partial charge in [-0.3, -0.25) is 14.1 Å². The standard InChI is InChI=1S/C9H11NO3S.C9H10O4S/c1-6-3-4-8(7(2)11)5-9(6)14(10,12)13;1-6-8(7(2)10)4-3-5-9(6)14(11,12)13/h3-5H,1-2H3,(H2,10,12,13);3-5H,1-2H3,(H,11,12,13). The van der Waals surface area contributed by atoms with Crippen molar-refractivity contribution >= 4 is 31.7 Å². The lowest BCUT2D eigenvalue weighted by Crippen LogP contribution is -2.14. The molecule has 0 radical (unpaired) electrons. The Hall–Kier alpha value is -2.40. The summed E-state index contributed by atoms with van der Waals surface area (Å²) in [4.78, 5) is 21.9. The van der Waals surface area contributed by atoms with Crippen molar-refractivity contribution in [1.82, 2.24) is 0 Å². The van der Waals surface area contributed by atoms with Gasteiger partial charge in [0, 0.05) is 11.1 Å². The van der Waals surface area contributed by atoms with Crippen molar-refractivity contribution in [3.05, 3.63) is 58.7 Å². The van der Waals surface area contributed by atoms with Gasteiger partial charge in [-0.25, -0.2) is 13.6 Å². The smallest absolute Gasteiger partial charge is 0.294 e. The van der Waals surface area contributed by atoms with Crippen LogP contribution in [0.2, 0.25) is 0 Å². The zero-order valence-corrected chi connectivity index (χ0v) is 17.4. The zero-order chi connectivity index (χ0) is 21.9. The van der Waals surface area contributed by atoms with Gasteiger partial charge in [0.2, 0.25) is 10.0 Å².